The fraction of sp³-hybridized carbons (Fsp3) is 0.533. The van der Waals surface area contributed by atoms with Gasteiger partial charge in [-0.3, -0.25) is 9.10 Å². The summed E-state index contributed by atoms with van der Waals surface area (Å²) in [6, 6.07) is 2.73. The molecule has 0 unspecified atom stereocenters. The molecule has 1 aromatic rings. The molecule has 0 spiro atoms. The van der Waals surface area contributed by atoms with E-state index in [2.05, 4.69) is 10.2 Å². The van der Waals surface area contributed by atoms with Gasteiger partial charge in [0.25, 0.3) is 0 Å². The van der Waals surface area contributed by atoms with Crippen LogP contribution in [0.25, 0.3) is 0 Å². The average molecular weight is 429 g/mol. The van der Waals surface area contributed by atoms with Gasteiger partial charge in [-0.2, -0.15) is 0 Å². The van der Waals surface area contributed by atoms with Crippen LogP contribution < -0.4 is 9.62 Å². The minimum Gasteiger partial charge on any atom is -0.352 e. The zero-order valence-corrected chi connectivity index (χ0v) is 17.0. The Balaban J connectivity index is 2.16. The van der Waals surface area contributed by atoms with E-state index in [0.717, 1.165) is 36.5 Å². The highest BCUT2D eigenvalue weighted by Gasteiger charge is 2.26. The Hall–Kier alpha value is -0.730. The molecular weight excluding hydrogens is 409 g/mol. The van der Waals surface area contributed by atoms with Crippen molar-refractivity contribution < 1.29 is 13.2 Å². The Labute approximate surface area is 163 Å². The van der Waals surface area contributed by atoms with Crippen LogP contribution in [0.4, 0.5) is 5.69 Å². The van der Waals surface area contributed by atoms with E-state index in [1.165, 1.54) is 12.1 Å². The van der Waals surface area contributed by atoms with E-state index in [0.29, 0.717) is 0 Å². The highest BCUT2D eigenvalue weighted by Crippen LogP contribution is 2.35. The Morgan fingerprint density at radius 1 is 1.20 bits per heavy atom. The van der Waals surface area contributed by atoms with E-state index in [4.69, 9.17) is 34.8 Å². The predicted octanol–water partition coefficient (Wildman–Crippen LogP) is 2.62. The maximum atomic E-state index is 12.4. The van der Waals surface area contributed by atoms with Gasteiger partial charge in [0.05, 0.1) is 27.0 Å². The number of hydrogen-bond donors (Lipinski definition) is 1. The van der Waals surface area contributed by atoms with Crippen LogP contribution in [-0.4, -0.2) is 58.2 Å². The van der Waals surface area contributed by atoms with Gasteiger partial charge in [-0.15, -0.1) is 0 Å². The lowest BCUT2D eigenvalue weighted by Gasteiger charge is -2.30. The van der Waals surface area contributed by atoms with Gasteiger partial charge in [0.2, 0.25) is 15.9 Å². The molecule has 10 heteroatoms. The maximum Gasteiger partial charge on any atom is 0.240 e. The molecule has 140 valence electrons. The van der Waals surface area contributed by atoms with E-state index in [-0.39, 0.29) is 39.2 Å². The van der Waals surface area contributed by atoms with Gasteiger partial charge >= 0.3 is 0 Å². The van der Waals surface area contributed by atoms with Gasteiger partial charge in [0.1, 0.15) is 6.54 Å². The van der Waals surface area contributed by atoms with Crippen molar-refractivity contribution in [1.82, 2.24) is 10.2 Å². The molecule has 1 aliphatic heterocycles. The van der Waals surface area contributed by atoms with Gasteiger partial charge < -0.3 is 10.2 Å². The molecule has 1 heterocycles. The number of carbonyl (C=O) groups excluding carboxylic acids is 1. The fourth-order valence-corrected chi connectivity index (χ4v) is 4.19. The summed E-state index contributed by atoms with van der Waals surface area (Å²) in [7, 11) is -1.71. The summed E-state index contributed by atoms with van der Waals surface area (Å²) in [6.07, 6.45) is 2.66. The molecule has 1 amide bonds. The third-order valence-corrected chi connectivity index (χ3v) is 6.18. The predicted molar refractivity (Wildman–Crippen MR) is 102 cm³/mol. The number of sulfonamides is 1. The lowest BCUT2D eigenvalue weighted by molar-refractivity contribution is -0.120. The normalized spacial score (nSPS) is 16.7. The summed E-state index contributed by atoms with van der Waals surface area (Å²) in [6.45, 7) is 1.40. The Kier molecular flexibility index (Phi) is 6.84. The van der Waals surface area contributed by atoms with Crippen molar-refractivity contribution in [1.29, 1.82) is 0 Å². The zero-order valence-electron chi connectivity index (χ0n) is 13.9. The number of benzene rings is 1. The Bertz CT molecular complexity index is 750. The first-order valence-electron chi connectivity index (χ1n) is 7.68. The molecule has 6 nitrogen and oxygen atoms in total. The summed E-state index contributed by atoms with van der Waals surface area (Å²) in [5.41, 5.74) is 0.122. The first-order chi connectivity index (χ1) is 11.6. The van der Waals surface area contributed by atoms with Crippen molar-refractivity contribution in [2.45, 2.75) is 18.9 Å². The van der Waals surface area contributed by atoms with Crippen LogP contribution in [0.2, 0.25) is 15.1 Å². The number of piperidine rings is 1. The van der Waals surface area contributed by atoms with Gasteiger partial charge in [-0.25, -0.2) is 8.42 Å². The molecule has 0 aliphatic carbocycles. The number of carbonyl (C=O) groups is 1. The van der Waals surface area contributed by atoms with Gasteiger partial charge in [0.15, 0.2) is 0 Å². The molecule has 2 rings (SSSR count). The molecule has 0 aromatic heterocycles. The number of anilines is 1. The number of amides is 1. The number of halogens is 3. The smallest absolute Gasteiger partial charge is 0.240 e. The van der Waals surface area contributed by atoms with Gasteiger partial charge in [-0.05, 0) is 45.1 Å². The van der Waals surface area contributed by atoms with Crippen molar-refractivity contribution in [3.8, 4) is 0 Å². The lowest BCUT2D eigenvalue weighted by atomic mass is 10.1. The first-order valence-corrected chi connectivity index (χ1v) is 10.7. The largest absolute Gasteiger partial charge is 0.352 e. The Morgan fingerprint density at radius 3 is 2.32 bits per heavy atom. The first kappa shape index (κ1) is 20.6. The highest BCUT2D eigenvalue weighted by molar-refractivity contribution is 7.92. The van der Waals surface area contributed by atoms with Gasteiger partial charge in [0, 0.05) is 6.04 Å². The molecule has 1 N–H and O–H groups in total. The van der Waals surface area contributed by atoms with E-state index >= 15 is 0 Å². The van der Waals surface area contributed by atoms with E-state index in [9.17, 15) is 13.2 Å². The molecule has 1 saturated heterocycles. The molecule has 0 radical (unpaired) electrons. The third-order valence-electron chi connectivity index (χ3n) is 4.03. The topological polar surface area (TPSA) is 69.7 Å². The molecule has 1 aliphatic rings. The van der Waals surface area contributed by atoms with E-state index in [1.54, 1.807) is 0 Å². The number of nitrogens with zero attached hydrogens (tertiary/aromatic N) is 2. The van der Waals surface area contributed by atoms with Crippen LogP contribution in [-0.2, 0) is 14.8 Å². The minimum absolute atomic E-state index is 0.0365. The van der Waals surface area contributed by atoms with Crippen LogP contribution >= 0.6 is 34.8 Å². The average Bonchev–Trinajstić information content (AvgIpc) is 2.50. The van der Waals surface area contributed by atoms with E-state index in [1.807, 2.05) is 7.05 Å². The van der Waals surface area contributed by atoms with Crippen LogP contribution in [0, 0.1) is 0 Å². The second-order valence-corrected chi connectivity index (χ2v) is 9.26. The van der Waals surface area contributed by atoms with E-state index < -0.39 is 10.0 Å². The molecule has 0 bridgehead atoms. The number of nitrogens with one attached hydrogen (secondary N) is 1. The molecule has 25 heavy (non-hydrogen) atoms. The Morgan fingerprint density at radius 2 is 1.76 bits per heavy atom. The summed E-state index contributed by atoms with van der Waals surface area (Å²) in [4.78, 5) is 14.5. The van der Waals surface area contributed by atoms with Crippen molar-refractivity contribution >= 4 is 56.4 Å². The summed E-state index contributed by atoms with van der Waals surface area (Å²) in [5, 5.41) is 3.35. The molecule has 1 aromatic carbocycles. The van der Waals surface area contributed by atoms with Crippen LogP contribution in [0.5, 0.6) is 0 Å². The van der Waals surface area contributed by atoms with Crippen molar-refractivity contribution in [3.63, 3.8) is 0 Å². The SMILES string of the molecule is CN1CCC(NC(=O)CN(c2cc(Cl)c(Cl)cc2Cl)S(C)(=O)=O)CC1. The number of rotatable bonds is 5. The van der Waals surface area contributed by atoms with Crippen molar-refractivity contribution in [2.75, 3.05) is 37.2 Å². The summed E-state index contributed by atoms with van der Waals surface area (Å²) < 4.78 is 25.2. The maximum absolute atomic E-state index is 12.4. The van der Waals surface area contributed by atoms with Gasteiger partial charge in [-0.1, -0.05) is 34.8 Å². The lowest BCUT2D eigenvalue weighted by Crippen LogP contribution is -2.47. The fourth-order valence-electron chi connectivity index (χ4n) is 2.64. The second-order valence-electron chi connectivity index (χ2n) is 6.13. The monoisotopic (exact) mass is 427 g/mol. The minimum atomic E-state index is -3.74. The molecule has 0 saturated carbocycles. The summed E-state index contributed by atoms with van der Waals surface area (Å²) in [5.74, 6) is -0.387. The third kappa shape index (κ3) is 5.62. The molecular formula is C15H20Cl3N3O3S. The summed E-state index contributed by atoms with van der Waals surface area (Å²) >= 11 is 18.0. The highest BCUT2D eigenvalue weighted by atomic mass is 35.5. The van der Waals surface area contributed by atoms with Crippen LogP contribution in [0.3, 0.4) is 0 Å². The number of likely N-dealkylation sites (tertiary alicyclic amines) is 1. The van der Waals surface area contributed by atoms with Crippen LogP contribution in [0.15, 0.2) is 12.1 Å². The molecule has 1 fully saturated rings. The van der Waals surface area contributed by atoms with Crippen molar-refractivity contribution in [3.05, 3.63) is 27.2 Å². The zero-order chi connectivity index (χ0) is 18.8. The second kappa shape index (κ2) is 8.31. The standard InChI is InChI=1S/C15H20Cl3N3O3S/c1-20-5-3-10(4-6-20)19-15(22)9-21(25(2,23)24)14-8-12(17)11(16)7-13(14)18/h7-8,10H,3-6,9H2,1-2H3,(H,19,22). The van der Waals surface area contributed by atoms with Crippen molar-refractivity contribution in [2.24, 2.45) is 0 Å². The van der Waals surface area contributed by atoms with Crippen LogP contribution in [0.1, 0.15) is 12.8 Å². The molecule has 0 atom stereocenters. The number of hydrogen-bond acceptors (Lipinski definition) is 4. The quantitative estimate of drug-likeness (QED) is 0.732.